The second-order valence-electron chi connectivity index (χ2n) is 10.6. The Morgan fingerprint density at radius 1 is 1.00 bits per heavy atom. The summed E-state index contributed by atoms with van der Waals surface area (Å²) >= 11 is 0. The van der Waals surface area contributed by atoms with E-state index >= 15 is 0 Å². The minimum Gasteiger partial charge on any atom is -0.464 e. The van der Waals surface area contributed by atoms with Gasteiger partial charge in [0.25, 0.3) is 5.69 Å². The van der Waals surface area contributed by atoms with E-state index in [0.717, 1.165) is 27.6 Å². The number of carbonyl (C=O) groups excluding carboxylic acids is 1. The highest BCUT2D eigenvalue weighted by Crippen LogP contribution is 2.22. The molecule has 0 spiro atoms. The second kappa shape index (κ2) is 13.1. The van der Waals surface area contributed by atoms with Gasteiger partial charge in [0.1, 0.15) is 5.58 Å². The molecule has 42 heavy (non-hydrogen) atoms. The number of hydrogen-bond donors (Lipinski definition) is 0. The molecule has 0 unspecified atom stereocenters. The first-order valence-corrected chi connectivity index (χ1v) is 15.0. The summed E-state index contributed by atoms with van der Waals surface area (Å²) in [6, 6.07) is 19.1. The van der Waals surface area contributed by atoms with Gasteiger partial charge in [0.15, 0.2) is 5.43 Å². The van der Waals surface area contributed by atoms with Crippen LogP contribution in [-0.4, -0.2) is 41.5 Å². The predicted octanol–water partition coefficient (Wildman–Crippen LogP) is 5.28. The summed E-state index contributed by atoms with van der Waals surface area (Å²) in [7, 11) is -4.17. The summed E-state index contributed by atoms with van der Waals surface area (Å²) in [5.74, 6) is -0.349. The predicted molar refractivity (Wildman–Crippen MR) is 159 cm³/mol. The van der Waals surface area contributed by atoms with Gasteiger partial charge in [-0.05, 0) is 49.1 Å². The van der Waals surface area contributed by atoms with E-state index in [1.807, 2.05) is 57.2 Å². The van der Waals surface area contributed by atoms with E-state index in [4.69, 9.17) is 4.42 Å². The smallest absolute Gasteiger partial charge is 0.269 e. The van der Waals surface area contributed by atoms with Crippen LogP contribution < -0.4 is 5.43 Å². The molecule has 1 amide bonds. The maximum Gasteiger partial charge on any atom is 0.269 e. The Balaban J connectivity index is 1.68. The fraction of sp³-hybridized carbons (Fsp3) is 0.290. The van der Waals surface area contributed by atoms with Crippen LogP contribution in [0, 0.1) is 23.0 Å². The SMILES string of the molecule is Cc1ccc2occ(CN(Cc3ccccc3)C(=O)CN(CCC(C)C)S(=O)(=O)c3ccc([N+](=O)[O-])cc3)c(=O)c2c1. The molecule has 0 saturated heterocycles. The maximum atomic E-state index is 13.9. The minimum atomic E-state index is -4.17. The van der Waals surface area contributed by atoms with E-state index in [2.05, 4.69) is 0 Å². The number of hydrogen-bond acceptors (Lipinski definition) is 7. The van der Waals surface area contributed by atoms with Crippen LogP contribution in [0.5, 0.6) is 0 Å². The number of non-ortho nitro benzene ring substituents is 1. The summed E-state index contributed by atoms with van der Waals surface area (Å²) in [6.07, 6.45) is 1.83. The molecule has 0 saturated carbocycles. The lowest BCUT2D eigenvalue weighted by Gasteiger charge is -2.28. The van der Waals surface area contributed by atoms with Gasteiger partial charge < -0.3 is 9.32 Å². The summed E-state index contributed by atoms with van der Waals surface area (Å²) in [5, 5.41) is 11.5. The highest BCUT2D eigenvalue weighted by molar-refractivity contribution is 7.89. The molecular weight excluding hydrogens is 558 g/mol. The van der Waals surface area contributed by atoms with Crippen molar-refractivity contribution in [2.24, 2.45) is 5.92 Å². The molecule has 0 fully saturated rings. The van der Waals surface area contributed by atoms with Crippen molar-refractivity contribution in [3.8, 4) is 0 Å². The quantitative estimate of drug-likeness (QED) is 0.162. The highest BCUT2D eigenvalue weighted by atomic mass is 32.2. The van der Waals surface area contributed by atoms with Gasteiger partial charge in [0.05, 0.1) is 40.1 Å². The lowest BCUT2D eigenvalue weighted by atomic mass is 10.1. The van der Waals surface area contributed by atoms with Crippen molar-refractivity contribution < 1.29 is 22.6 Å². The normalized spacial score (nSPS) is 11.7. The summed E-state index contributed by atoms with van der Waals surface area (Å²) in [5.41, 5.74) is 1.90. The van der Waals surface area contributed by atoms with Crippen LogP contribution in [0.15, 0.2) is 93.2 Å². The largest absolute Gasteiger partial charge is 0.464 e. The molecule has 0 aliphatic carbocycles. The van der Waals surface area contributed by atoms with E-state index in [-0.39, 0.29) is 47.1 Å². The monoisotopic (exact) mass is 591 g/mol. The number of rotatable bonds is 12. The molecule has 3 aromatic carbocycles. The fourth-order valence-corrected chi connectivity index (χ4v) is 5.87. The molecule has 10 nitrogen and oxygen atoms in total. The number of amides is 1. The van der Waals surface area contributed by atoms with Crippen LogP contribution in [0.3, 0.4) is 0 Å². The Morgan fingerprint density at radius 2 is 1.69 bits per heavy atom. The molecule has 0 N–H and O–H groups in total. The zero-order valence-corrected chi connectivity index (χ0v) is 24.5. The lowest BCUT2D eigenvalue weighted by Crippen LogP contribution is -2.43. The molecule has 4 rings (SSSR count). The average Bonchev–Trinajstić information content (AvgIpc) is 2.96. The van der Waals surface area contributed by atoms with Gasteiger partial charge in [-0.25, -0.2) is 8.42 Å². The van der Waals surface area contributed by atoms with Gasteiger partial charge >= 0.3 is 0 Å². The number of aryl methyl sites for hydroxylation is 1. The summed E-state index contributed by atoms with van der Waals surface area (Å²) < 4.78 is 34.1. The van der Waals surface area contributed by atoms with Crippen molar-refractivity contribution in [3.63, 3.8) is 0 Å². The topological polar surface area (TPSA) is 131 Å². The van der Waals surface area contributed by atoms with Crippen LogP contribution in [0.25, 0.3) is 11.0 Å². The molecule has 1 heterocycles. The lowest BCUT2D eigenvalue weighted by molar-refractivity contribution is -0.384. The highest BCUT2D eigenvalue weighted by Gasteiger charge is 2.29. The van der Waals surface area contributed by atoms with Crippen LogP contribution >= 0.6 is 0 Å². The zero-order chi connectivity index (χ0) is 30.4. The van der Waals surface area contributed by atoms with Crippen LogP contribution in [-0.2, 0) is 27.9 Å². The van der Waals surface area contributed by atoms with Crippen molar-refractivity contribution in [1.29, 1.82) is 0 Å². The van der Waals surface area contributed by atoms with Gasteiger partial charge in [0.2, 0.25) is 15.9 Å². The number of nitro benzene ring substituents is 1. The van der Waals surface area contributed by atoms with Crippen molar-refractivity contribution in [2.45, 2.75) is 45.2 Å². The Bertz CT molecular complexity index is 1730. The first-order chi connectivity index (χ1) is 20.0. The van der Waals surface area contributed by atoms with E-state index < -0.39 is 27.4 Å². The van der Waals surface area contributed by atoms with E-state index in [1.165, 1.54) is 23.3 Å². The number of nitrogens with zero attached hydrogens (tertiary/aromatic N) is 3. The van der Waals surface area contributed by atoms with Crippen LogP contribution in [0.2, 0.25) is 0 Å². The molecule has 0 bridgehead atoms. The number of nitro groups is 1. The van der Waals surface area contributed by atoms with Crippen LogP contribution in [0.1, 0.15) is 37.0 Å². The Kier molecular flexibility index (Phi) is 9.54. The fourth-order valence-electron chi connectivity index (χ4n) is 4.46. The molecule has 0 aliphatic rings. The van der Waals surface area contributed by atoms with Gasteiger partial charge in [0, 0.05) is 25.2 Å². The number of carbonyl (C=O) groups is 1. The molecule has 0 aliphatic heterocycles. The zero-order valence-electron chi connectivity index (χ0n) is 23.7. The molecule has 4 aromatic rings. The van der Waals surface area contributed by atoms with Crippen LogP contribution in [0.4, 0.5) is 5.69 Å². The van der Waals surface area contributed by atoms with Crippen molar-refractivity contribution in [2.75, 3.05) is 13.1 Å². The summed E-state index contributed by atoms with van der Waals surface area (Å²) in [6.45, 7) is 5.40. The van der Waals surface area contributed by atoms with Crippen molar-refractivity contribution >= 4 is 32.6 Å². The number of benzene rings is 3. The van der Waals surface area contributed by atoms with Crippen molar-refractivity contribution in [3.05, 3.63) is 116 Å². The van der Waals surface area contributed by atoms with E-state index in [9.17, 15) is 28.1 Å². The van der Waals surface area contributed by atoms with E-state index in [1.54, 1.807) is 12.1 Å². The third kappa shape index (κ3) is 7.29. The first-order valence-electron chi connectivity index (χ1n) is 13.5. The second-order valence-corrected chi connectivity index (χ2v) is 12.5. The van der Waals surface area contributed by atoms with Gasteiger partial charge in [-0.2, -0.15) is 4.31 Å². The Morgan fingerprint density at radius 3 is 2.33 bits per heavy atom. The standard InChI is InChI=1S/C31H33N3O7S/c1-22(2)15-16-33(42(39,40)27-12-10-26(11-13-27)34(37)38)20-30(35)32(18-24-7-5-4-6-8-24)19-25-21-41-29-14-9-23(3)17-28(29)31(25)36/h4-14,17,21-22H,15-16,18-20H2,1-3H3. The van der Waals surface area contributed by atoms with E-state index in [0.29, 0.717) is 17.4 Å². The van der Waals surface area contributed by atoms with Crippen molar-refractivity contribution in [1.82, 2.24) is 9.21 Å². The molecule has 11 heteroatoms. The third-order valence-electron chi connectivity index (χ3n) is 6.88. The Hall–Kier alpha value is -4.35. The molecule has 220 valence electrons. The number of sulfonamides is 1. The summed E-state index contributed by atoms with van der Waals surface area (Å²) in [4.78, 5) is 39.0. The average molecular weight is 592 g/mol. The van der Waals surface area contributed by atoms with Gasteiger partial charge in [-0.15, -0.1) is 0 Å². The van der Waals surface area contributed by atoms with Gasteiger partial charge in [-0.3, -0.25) is 19.7 Å². The number of fused-ring (bicyclic) bond motifs is 1. The maximum absolute atomic E-state index is 13.9. The third-order valence-corrected chi connectivity index (χ3v) is 8.74. The van der Waals surface area contributed by atoms with Gasteiger partial charge in [-0.1, -0.05) is 55.8 Å². The molecule has 1 aromatic heterocycles. The Labute approximate surface area is 244 Å². The molecule has 0 atom stereocenters. The minimum absolute atomic E-state index is 0.0687. The first kappa shape index (κ1) is 30.6. The molecule has 0 radical (unpaired) electrons. The molecular formula is C31H33N3O7S.